The maximum Gasteiger partial charge on any atom is 0.305 e. The molecule has 0 aromatic rings. The van der Waals surface area contributed by atoms with Gasteiger partial charge in [-0.2, -0.15) is 0 Å². The summed E-state index contributed by atoms with van der Waals surface area (Å²) in [5, 5.41) is 0. The third-order valence-electron chi connectivity index (χ3n) is 2.22. The van der Waals surface area contributed by atoms with Crippen molar-refractivity contribution in [2.24, 2.45) is 5.41 Å². The average molecular weight is 186 g/mol. The van der Waals surface area contributed by atoms with Gasteiger partial charge in [0.1, 0.15) is 6.61 Å². The first kappa shape index (κ1) is 10.5. The zero-order valence-electron chi connectivity index (χ0n) is 8.47. The monoisotopic (exact) mass is 186 g/mol. The lowest BCUT2D eigenvalue weighted by Crippen LogP contribution is -2.44. The van der Waals surface area contributed by atoms with Crippen LogP contribution >= 0.6 is 0 Å². The molecule has 0 radical (unpaired) electrons. The molecule has 3 heteroatoms. The van der Waals surface area contributed by atoms with E-state index in [1.807, 2.05) is 0 Å². The minimum absolute atomic E-state index is 0.0741. The minimum Gasteiger partial charge on any atom is -0.465 e. The van der Waals surface area contributed by atoms with Crippen LogP contribution in [0.4, 0.5) is 0 Å². The van der Waals surface area contributed by atoms with E-state index in [9.17, 15) is 4.79 Å². The van der Waals surface area contributed by atoms with E-state index in [1.165, 1.54) is 0 Å². The van der Waals surface area contributed by atoms with Gasteiger partial charge in [0.05, 0.1) is 13.2 Å². The van der Waals surface area contributed by atoms with Crippen LogP contribution in [0, 0.1) is 5.41 Å². The molecule has 1 aliphatic heterocycles. The summed E-state index contributed by atoms with van der Waals surface area (Å²) in [6.07, 6.45) is 2.51. The number of hydrogen-bond donors (Lipinski definition) is 0. The maximum absolute atomic E-state index is 11.1. The fourth-order valence-electron chi connectivity index (χ4n) is 1.18. The second-order valence-corrected chi connectivity index (χ2v) is 4.07. The fourth-order valence-corrected chi connectivity index (χ4v) is 1.18. The van der Waals surface area contributed by atoms with Gasteiger partial charge in [0.2, 0.25) is 0 Å². The van der Waals surface area contributed by atoms with E-state index >= 15 is 0 Å². The van der Waals surface area contributed by atoms with E-state index in [4.69, 9.17) is 9.47 Å². The lowest BCUT2D eigenvalue weighted by Gasteiger charge is -2.37. The topological polar surface area (TPSA) is 35.5 Å². The molecular weight excluding hydrogens is 168 g/mol. The van der Waals surface area contributed by atoms with Crippen molar-refractivity contribution >= 4 is 5.97 Å². The Balaban J connectivity index is 2.07. The SMILES string of the molecule is CCCCC(=O)OCC1(C)COC1. The molecule has 13 heavy (non-hydrogen) atoms. The van der Waals surface area contributed by atoms with Gasteiger partial charge in [-0.15, -0.1) is 0 Å². The summed E-state index contributed by atoms with van der Waals surface area (Å²) in [6.45, 7) is 6.08. The van der Waals surface area contributed by atoms with Gasteiger partial charge in [-0.1, -0.05) is 20.3 Å². The molecular formula is C10H18O3. The summed E-state index contributed by atoms with van der Waals surface area (Å²) in [4.78, 5) is 11.1. The van der Waals surface area contributed by atoms with Crippen LogP contribution in [0.2, 0.25) is 0 Å². The lowest BCUT2D eigenvalue weighted by molar-refractivity contribution is -0.165. The Hall–Kier alpha value is -0.570. The van der Waals surface area contributed by atoms with Gasteiger partial charge in [-0.25, -0.2) is 0 Å². The van der Waals surface area contributed by atoms with E-state index in [0.29, 0.717) is 26.2 Å². The van der Waals surface area contributed by atoms with Crippen molar-refractivity contribution in [2.75, 3.05) is 19.8 Å². The van der Waals surface area contributed by atoms with Gasteiger partial charge in [-0.05, 0) is 6.42 Å². The van der Waals surface area contributed by atoms with Crippen molar-refractivity contribution < 1.29 is 14.3 Å². The molecule has 1 heterocycles. The molecule has 1 fully saturated rings. The van der Waals surface area contributed by atoms with Crippen LogP contribution in [-0.2, 0) is 14.3 Å². The molecule has 0 amide bonds. The average Bonchev–Trinajstić information content (AvgIpc) is 2.08. The van der Waals surface area contributed by atoms with E-state index in [0.717, 1.165) is 12.8 Å². The van der Waals surface area contributed by atoms with Crippen LogP contribution in [-0.4, -0.2) is 25.8 Å². The van der Waals surface area contributed by atoms with Crippen molar-refractivity contribution in [3.05, 3.63) is 0 Å². The molecule has 1 rings (SSSR count). The first-order valence-corrected chi connectivity index (χ1v) is 4.90. The van der Waals surface area contributed by atoms with Crippen molar-refractivity contribution in [1.82, 2.24) is 0 Å². The highest BCUT2D eigenvalue weighted by Crippen LogP contribution is 2.26. The van der Waals surface area contributed by atoms with Crippen molar-refractivity contribution in [3.63, 3.8) is 0 Å². The van der Waals surface area contributed by atoms with E-state index in [-0.39, 0.29) is 11.4 Å². The fraction of sp³-hybridized carbons (Fsp3) is 0.900. The Kier molecular flexibility index (Phi) is 3.72. The molecule has 0 spiro atoms. The highest BCUT2D eigenvalue weighted by Gasteiger charge is 2.34. The molecule has 76 valence electrons. The molecule has 3 nitrogen and oxygen atoms in total. The quantitative estimate of drug-likeness (QED) is 0.614. The first-order valence-electron chi connectivity index (χ1n) is 4.90. The normalized spacial score (nSPS) is 19.2. The highest BCUT2D eigenvalue weighted by molar-refractivity contribution is 5.69. The lowest BCUT2D eigenvalue weighted by atomic mass is 9.90. The molecule has 0 N–H and O–H groups in total. The van der Waals surface area contributed by atoms with Crippen molar-refractivity contribution in [1.29, 1.82) is 0 Å². The smallest absolute Gasteiger partial charge is 0.305 e. The van der Waals surface area contributed by atoms with E-state index in [2.05, 4.69) is 13.8 Å². The molecule has 0 aromatic heterocycles. The predicted molar refractivity (Wildman–Crippen MR) is 49.4 cm³/mol. The number of ether oxygens (including phenoxy) is 2. The van der Waals surface area contributed by atoms with Gasteiger partial charge < -0.3 is 9.47 Å². The number of rotatable bonds is 5. The third kappa shape index (κ3) is 3.35. The van der Waals surface area contributed by atoms with Crippen molar-refractivity contribution in [2.45, 2.75) is 33.1 Å². The maximum atomic E-state index is 11.1. The van der Waals surface area contributed by atoms with Gasteiger partial charge in [0, 0.05) is 11.8 Å². The van der Waals surface area contributed by atoms with Gasteiger partial charge in [-0.3, -0.25) is 4.79 Å². The number of esters is 1. The third-order valence-corrected chi connectivity index (χ3v) is 2.22. The summed E-state index contributed by atoms with van der Waals surface area (Å²) >= 11 is 0. The van der Waals surface area contributed by atoms with Crippen LogP contribution in [0.3, 0.4) is 0 Å². The molecule has 0 saturated carbocycles. The summed E-state index contributed by atoms with van der Waals surface area (Å²) in [5.74, 6) is -0.0741. The van der Waals surface area contributed by atoms with Crippen LogP contribution in [0.5, 0.6) is 0 Å². The Labute approximate surface area is 79.4 Å². The zero-order valence-corrected chi connectivity index (χ0v) is 8.47. The highest BCUT2D eigenvalue weighted by atomic mass is 16.5. The van der Waals surface area contributed by atoms with Crippen LogP contribution in [0.15, 0.2) is 0 Å². The summed E-state index contributed by atoms with van der Waals surface area (Å²) in [6, 6.07) is 0. The van der Waals surface area contributed by atoms with E-state index < -0.39 is 0 Å². The van der Waals surface area contributed by atoms with Crippen LogP contribution in [0.1, 0.15) is 33.1 Å². The first-order chi connectivity index (χ1) is 6.16. The van der Waals surface area contributed by atoms with Crippen LogP contribution in [0.25, 0.3) is 0 Å². The summed E-state index contributed by atoms with van der Waals surface area (Å²) in [7, 11) is 0. The van der Waals surface area contributed by atoms with E-state index in [1.54, 1.807) is 0 Å². The number of unbranched alkanes of at least 4 members (excludes halogenated alkanes) is 1. The largest absolute Gasteiger partial charge is 0.465 e. The second kappa shape index (κ2) is 4.61. The van der Waals surface area contributed by atoms with Gasteiger partial charge in [0.25, 0.3) is 0 Å². The molecule has 0 aromatic carbocycles. The Morgan fingerprint density at radius 2 is 2.23 bits per heavy atom. The summed E-state index contributed by atoms with van der Waals surface area (Å²) < 4.78 is 10.2. The molecule has 0 atom stereocenters. The number of carbonyl (C=O) groups excluding carboxylic acids is 1. The molecule has 0 bridgehead atoms. The van der Waals surface area contributed by atoms with Crippen molar-refractivity contribution in [3.8, 4) is 0 Å². The minimum atomic E-state index is -0.0741. The molecule has 0 aliphatic carbocycles. The number of hydrogen-bond acceptors (Lipinski definition) is 3. The van der Waals surface area contributed by atoms with Crippen LogP contribution < -0.4 is 0 Å². The molecule has 1 aliphatic rings. The zero-order chi connectivity index (χ0) is 9.73. The molecule has 0 unspecified atom stereocenters. The van der Waals surface area contributed by atoms with Gasteiger partial charge >= 0.3 is 5.97 Å². The number of carbonyl (C=O) groups is 1. The Morgan fingerprint density at radius 3 is 2.69 bits per heavy atom. The Bertz CT molecular complexity index is 173. The summed E-state index contributed by atoms with van der Waals surface area (Å²) in [5.41, 5.74) is 0.0852. The standard InChI is InChI=1S/C10H18O3/c1-3-4-5-9(11)13-8-10(2)6-12-7-10/h3-8H2,1-2H3. The van der Waals surface area contributed by atoms with Gasteiger partial charge in [0.15, 0.2) is 0 Å². The second-order valence-electron chi connectivity index (χ2n) is 4.07. The Morgan fingerprint density at radius 1 is 1.54 bits per heavy atom. The predicted octanol–water partition coefficient (Wildman–Crippen LogP) is 1.76. The molecule has 1 saturated heterocycles.